The molecule has 1 aromatic heterocycles. The Hall–Kier alpha value is -1.71. The van der Waals surface area contributed by atoms with Gasteiger partial charge in [-0.1, -0.05) is 6.92 Å². The summed E-state index contributed by atoms with van der Waals surface area (Å²) in [6, 6.07) is 4.35. The molecule has 4 heteroatoms. The molecule has 0 amide bonds. The van der Waals surface area contributed by atoms with Crippen molar-refractivity contribution < 1.29 is 4.39 Å². The van der Waals surface area contributed by atoms with Gasteiger partial charge in [-0.2, -0.15) is 0 Å². The number of nitrogens with zero attached hydrogens (tertiary/aromatic N) is 2. The maximum Gasteiger partial charge on any atom is 0.348 e. The summed E-state index contributed by atoms with van der Waals surface area (Å²) in [5.41, 5.74) is 0.453. The zero-order valence-corrected chi connectivity index (χ0v) is 8.40. The van der Waals surface area contributed by atoms with Gasteiger partial charge in [-0.25, -0.2) is 14.2 Å². The zero-order valence-electron chi connectivity index (χ0n) is 8.40. The molecule has 1 aromatic carbocycles. The molecule has 0 aliphatic carbocycles. The molecule has 0 atom stereocenters. The van der Waals surface area contributed by atoms with Gasteiger partial charge in [0.05, 0.1) is 5.52 Å². The molecule has 2 rings (SSSR count). The van der Waals surface area contributed by atoms with Crippen LogP contribution in [0.25, 0.3) is 10.9 Å². The Balaban J connectivity index is 2.76. The van der Waals surface area contributed by atoms with Crippen LogP contribution in [0, 0.1) is 5.82 Å². The third-order valence-electron chi connectivity index (χ3n) is 2.27. The molecule has 0 N–H and O–H groups in total. The first-order chi connectivity index (χ1) is 7.22. The Morgan fingerprint density at radius 1 is 1.47 bits per heavy atom. The summed E-state index contributed by atoms with van der Waals surface area (Å²) in [6.07, 6.45) is 2.25. The molecule has 0 aliphatic rings. The third kappa shape index (κ3) is 1.75. The molecule has 0 radical (unpaired) electrons. The van der Waals surface area contributed by atoms with Crippen molar-refractivity contribution in [3.05, 3.63) is 40.7 Å². The fourth-order valence-electron chi connectivity index (χ4n) is 1.61. The summed E-state index contributed by atoms with van der Waals surface area (Å²) in [6.45, 7) is 2.59. The first-order valence-electron chi connectivity index (χ1n) is 4.87. The van der Waals surface area contributed by atoms with E-state index in [-0.39, 0.29) is 11.5 Å². The number of benzene rings is 1. The monoisotopic (exact) mass is 206 g/mol. The Bertz CT molecular complexity index is 548. The summed E-state index contributed by atoms with van der Waals surface area (Å²) >= 11 is 0. The van der Waals surface area contributed by atoms with E-state index in [1.165, 1.54) is 18.3 Å². The van der Waals surface area contributed by atoms with Crippen LogP contribution in [0.3, 0.4) is 0 Å². The van der Waals surface area contributed by atoms with Crippen molar-refractivity contribution in [2.75, 3.05) is 0 Å². The number of rotatable bonds is 2. The van der Waals surface area contributed by atoms with Crippen molar-refractivity contribution in [3.63, 3.8) is 0 Å². The Kier molecular flexibility index (Phi) is 2.49. The van der Waals surface area contributed by atoms with Crippen molar-refractivity contribution in [1.29, 1.82) is 0 Å². The summed E-state index contributed by atoms with van der Waals surface area (Å²) in [5, 5.41) is 0.656. The van der Waals surface area contributed by atoms with Crippen LogP contribution >= 0.6 is 0 Å². The molecule has 0 bridgehead atoms. The summed E-state index contributed by atoms with van der Waals surface area (Å²) in [4.78, 5) is 15.2. The van der Waals surface area contributed by atoms with Gasteiger partial charge in [0.15, 0.2) is 0 Å². The normalized spacial score (nSPS) is 10.8. The van der Waals surface area contributed by atoms with Crippen LogP contribution in [-0.2, 0) is 6.54 Å². The Labute approximate surface area is 86.2 Å². The van der Waals surface area contributed by atoms with Crippen LogP contribution in [0.15, 0.2) is 29.2 Å². The van der Waals surface area contributed by atoms with Crippen molar-refractivity contribution in [2.45, 2.75) is 19.9 Å². The highest BCUT2D eigenvalue weighted by molar-refractivity contribution is 5.77. The van der Waals surface area contributed by atoms with E-state index in [4.69, 9.17) is 0 Å². The Morgan fingerprint density at radius 2 is 2.27 bits per heavy atom. The zero-order chi connectivity index (χ0) is 10.8. The quantitative estimate of drug-likeness (QED) is 0.752. The molecule has 1 heterocycles. The lowest BCUT2D eigenvalue weighted by Crippen LogP contribution is -2.22. The van der Waals surface area contributed by atoms with Crippen LogP contribution in [0.2, 0.25) is 0 Å². The SMILES string of the molecule is CCCn1c(=O)ncc2cc(F)ccc21. The highest BCUT2D eigenvalue weighted by atomic mass is 19.1. The molecular weight excluding hydrogens is 195 g/mol. The van der Waals surface area contributed by atoms with E-state index < -0.39 is 0 Å². The van der Waals surface area contributed by atoms with Crippen LogP contribution in [0.4, 0.5) is 4.39 Å². The Morgan fingerprint density at radius 3 is 3.00 bits per heavy atom. The van der Waals surface area contributed by atoms with Crippen LogP contribution in [0.1, 0.15) is 13.3 Å². The molecule has 3 nitrogen and oxygen atoms in total. The van der Waals surface area contributed by atoms with E-state index in [1.807, 2.05) is 6.92 Å². The van der Waals surface area contributed by atoms with Crippen LogP contribution in [0.5, 0.6) is 0 Å². The maximum atomic E-state index is 12.9. The number of halogens is 1. The largest absolute Gasteiger partial charge is 0.348 e. The van der Waals surface area contributed by atoms with Crippen LogP contribution < -0.4 is 5.69 Å². The van der Waals surface area contributed by atoms with E-state index in [1.54, 1.807) is 10.6 Å². The van der Waals surface area contributed by atoms with E-state index >= 15 is 0 Å². The summed E-state index contributed by atoms with van der Waals surface area (Å²) in [7, 11) is 0. The molecule has 0 saturated heterocycles. The topological polar surface area (TPSA) is 34.9 Å². The van der Waals surface area contributed by atoms with Crippen LogP contribution in [-0.4, -0.2) is 9.55 Å². The second kappa shape index (κ2) is 3.81. The lowest BCUT2D eigenvalue weighted by Gasteiger charge is -2.07. The molecule has 0 aliphatic heterocycles. The number of hydrogen-bond acceptors (Lipinski definition) is 2. The van der Waals surface area contributed by atoms with E-state index in [2.05, 4.69) is 4.98 Å². The van der Waals surface area contributed by atoms with E-state index in [0.717, 1.165) is 11.9 Å². The molecule has 2 aromatic rings. The average Bonchev–Trinajstić information content (AvgIpc) is 2.22. The van der Waals surface area contributed by atoms with Crippen molar-refractivity contribution in [2.24, 2.45) is 0 Å². The molecule has 0 fully saturated rings. The smallest absolute Gasteiger partial charge is 0.292 e. The molecular formula is C11H11FN2O. The first-order valence-corrected chi connectivity index (χ1v) is 4.87. The third-order valence-corrected chi connectivity index (χ3v) is 2.27. The number of fused-ring (bicyclic) bond motifs is 1. The van der Waals surface area contributed by atoms with Gasteiger partial charge >= 0.3 is 5.69 Å². The maximum absolute atomic E-state index is 12.9. The predicted octanol–water partition coefficient (Wildman–Crippen LogP) is 1.95. The van der Waals surface area contributed by atoms with Gasteiger partial charge in [-0.15, -0.1) is 0 Å². The standard InChI is InChI=1S/C11H11FN2O/c1-2-5-14-10-4-3-9(12)6-8(10)7-13-11(14)15/h3-4,6-7H,2,5H2,1H3. The fourth-order valence-corrected chi connectivity index (χ4v) is 1.61. The molecule has 0 unspecified atom stereocenters. The minimum atomic E-state index is -0.314. The number of aryl methyl sites for hydroxylation is 1. The minimum Gasteiger partial charge on any atom is -0.292 e. The molecule has 78 valence electrons. The van der Waals surface area contributed by atoms with Crippen molar-refractivity contribution in [1.82, 2.24) is 9.55 Å². The van der Waals surface area contributed by atoms with Gasteiger partial charge in [0.25, 0.3) is 0 Å². The fraction of sp³-hybridized carbons (Fsp3) is 0.273. The van der Waals surface area contributed by atoms with E-state index in [0.29, 0.717) is 11.9 Å². The number of hydrogen-bond donors (Lipinski definition) is 0. The van der Waals surface area contributed by atoms with Gasteiger partial charge in [0, 0.05) is 18.1 Å². The summed E-state index contributed by atoms with van der Waals surface area (Å²) in [5.74, 6) is -0.314. The average molecular weight is 206 g/mol. The lowest BCUT2D eigenvalue weighted by molar-refractivity contribution is 0.626. The highest BCUT2D eigenvalue weighted by Crippen LogP contribution is 2.12. The molecule has 0 spiro atoms. The molecule has 0 saturated carbocycles. The molecule has 15 heavy (non-hydrogen) atoms. The van der Waals surface area contributed by atoms with Crippen molar-refractivity contribution >= 4 is 10.9 Å². The highest BCUT2D eigenvalue weighted by Gasteiger charge is 2.03. The van der Waals surface area contributed by atoms with Gasteiger partial charge in [0.2, 0.25) is 0 Å². The van der Waals surface area contributed by atoms with Gasteiger partial charge in [0.1, 0.15) is 5.82 Å². The van der Waals surface area contributed by atoms with E-state index in [9.17, 15) is 9.18 Å². The second-order valence-electron chi connectivity index (χ2n) is 3.40. The summed E-state index contributed by atoms with van der Waals surface area (Å²) < 4.78 is 14.5. The predicted molar refractivity (Wildman–Crippen MR) is 56.3 cm³/mol. The van der Waals surface area contributed by atoms with Crippen molar-refractivity contribution in [3.8, 4) is 0 Å². The number of aromatic nitrogens is 2. The lowest BCUT2D eigenvalue weighted by atomic mass is 10.2. The second-order valence-corrected chi connectivity index (χ2v) is 3.40. The van der Waals surface area contributed by atoms with Gasteiger partial charge in [-0.3, -0.25) is 4.57 Å². The first kappa shape index (κ1) is 9.83. The van der Waals surface area contributed by atoms with Gasteiger partial charge < -0.3 is 0 Å². The van der Waals surface area contributed by atoms with Gasteiger partial charge in [-0.05, 0) is 24.6 Å². The minimum absolute atomic E-state index is 0.282.